The van der Waals surface area contributed by atoms with Crippen molar-refractivity contribution >= 4 is 17.6 Å². The van der Waals surface area contributed by atoms with Crippen LogP contribution in [0.15, 0.2) is 5.16 Å². The molecule has 2 fully saturated rings. The molecule has 0 saturated carbocycles. The summed E-state index contributed by atoms with van der Waals surface area (Å²) in [5.74, 6) is 0.182. The number of nitrogens with one attached hydrogen (secondary N) is 1. The Morgan fingerprint density at radius 1 is 1.50 bits per heavy atom. The van der Waals surface area contributed by atoms with Gasteiger partial charge in [0.15, 0.2) is 5.84 Å². The molecule has 0 radical (unpaired) electrons. The summed E-state index contributed by atoms with van der Waals surface area (Å²) in [6, 6.07) is 0.173. The molecule has 2 heterocycles. The first-order valence-corrected chi connectivity index (χ1v) is 6.93. The van der Waals surface area contributed by atoms with E-state index in [9.17, 15) is 9.59 Å². The number of oxime groups is 1. The van der Waals surface area contributed by atoms with E-state index in [4.69, 9.17) is 10.9 Å². The molecule has 7 heteroatoms. The maximum absolute atomic E-state index is 12.5. The van der Waals surface area contributed by atoms with Crippen molar-refractivity contribution < 1.29 is 14.8 Å². The summed E-state index contributed by atoms with van der Waals surface area (Å²) < 4.78 is 0. The van der Waals surface area contributed by atoms with Gasteiger partial charge in [0.05, 0.1) is 0 Å². The number of carbonyl (C=O) groups is 2. The molecule has 2 rings (SSSR count). The Hall–Kier alpha value is -1.79. The molecule has 112 valence electrons. The Morgan fingerprint density at radius 2 is 2.20 bits per heavy atom. The van der Waals surface area contributed by atoms with E-state index in [1.807, 2.05) is 0 Å². The first-order chi connectivity index (χ1) is 9.36. The number of amides is 2. The minimum Gasteiger partial charge on any atom is -0.409 e. The van der Waals surface area contributed by atoms with Crippen LogP contribution in [0.25, 0.3) is 0 Å². The molecule has 2 unspecified atom stereocenters. The average molecular weight is 282 g/mol. The molecule has 4 N–H and O–H groups in total. The maximum Gasteiger partial charge on any atom is 0.235 e. The number of likely N-dealkylation sites (tertiary alicyclic amines) is 1. The Bertz CT molecular complexity index is 447. The fourth-order valence-electron chi connectivity index (χ4n) is 2.92. The van der Waals surface area contributed by atoms with Crippen LogP contribution >= 0.6 is 0 Å². The molecule has 0 aromatic carbocycles. The smallest absolute Gasteiger partial charge is 0.235 e. The molecule has 7 nitrogen and oxygen atoms in total. The number of hydrogen-bond acceptors (Lipinski definition) is 4. The minimum atomic E-state index is -1.01. The van der Waals surface area contributed by atoms with Crippen molar-refractivity contribution in [2.75, 3.05) is 13.1 Å². The van der Waals surface area contributed by atoms with Crippen LogP contribution in [-0.4, -0.2) is 46.9 Å². The zero-order chi connectivity index (χ0) is 14.9. The quantitative estimate of drug-likeness (QED) is 0.284. The number of hydrogen-bond donors (Lipinski definition) is 3. The molecule has 2 atom stereocenters. The second-order valence-corrected chi connectivity index (χ2v) is 6.12. The third-order valence-electron chi connectivity index (χ3n) is 4.39. The fourth-order valence-corrected chi connectivity index (χ4v) is 2.92. The van der Waals surface area contributed by atoms with E-state index in [-0.39, 0.29) is 23.7 Å². The number of carbonyl (C=O) groups excluding carboxylic acids is 2. The van der Waals surface area contributed by atoms with Gasteiger partial charge in [-0.25, -0.2) is 0 Å². The van der Waals surface area contributed by atoms with Crippen molar-refractivity contribution in [2.45, 2.75) is 39.2 Å². The highest BCUT2D eigenvalue weighted by Gasteiger charge is 2.41. The van der Waals surface area contributed by atoms with Crippen molar-refractivity contribution in [3.63, 3.8) is 0 Å². The second-order valence-electron chi connectivity index (χ2n) is 6.12. The van der Waals surface area contributed by atoms with Gasteiger partial charge in [0, 0.05) is 25.6 Å². The van der Waals surface area contributed by atoms with Gasteiger partial charge in [0.2, 0.25) is 11.8 Å². The monoisotopic (exact) mass is 282 g/mol. The van der Waals surface area contributed by atoms with Gasteiger partial charge in [-0.3, -0.25) is 9.59 Å². The lowest BCUT2D eigenvalue weighted by atomic mass is 9.83. The molecule has 2 aliphatic rings. The van der Waals surface area contributed by atoms with E-state index in [0.29, 0.717) is 25.4 Å². The van der Waals surface area contributed by atoms with E-state index in [0.717, 1.165) is 12.8 Å². The summed E-state index contributed by atoms with van der Waals surface area (Å²) in [4.78, 5) is 25.7. The summed E-state index contributed by atoms with van der Waals surface area (Å²) in [5, 5.41) is 14.7. The Balaban J connectivity index is 2.05. The van der Waals surface area contributed by atoms with Gasteiger partial charge in [-0.05, 0) is 32.6 Å². The summed E-state index contributed by atoms with van der Waals surface area (Å²) in [6.45, 7) is 4.51. The number of piperidine rings is 2. The van der Waals surface area contributed by atoms with E-state index >= 15 is 0 Å². The van der Waals surface area contributed by atoms with Crippen LogP contribution in [-0.2, 0) is 9.59 Å². The highest BCUT2D eigenvalue weighted by molar-refractivity contribution is 6.05. The van der Waals surface area contributed by atoms with Crippen molar-refractivity contribution in [3.05, 3.63) is 0 Å². The van der Waals surface area contributed by atoms with Gasteiger partial charge in [-0.15, -0.1) is 0 Å². The molecule has 0 aromatic heterocycles. The van der Waals surface area contributed by atoms with E-state index < -0.39 is 5.41 Å². The van der Waals surface area contributed by atoms with Crippen molar-refractivity contribution in [1.29, 1.82) is 0 Å². The number of nitrogens with zero attached hydrogens (tertiary/aromatic N) is 2. The predicted molar refractivity (Wildman–Crippen MR) is 73.0 cm³/mol. The van der Waals surface area contributed by atoms with E-state index in [2.05, 4.69) is 10.5 Å². The third-order valence-corrected chi connectivity index (χ3v) is 4.39. The van der Waals surface area contributed by atoms with Crippen molar-refractivity contribution in [1.82, 2.24) is 10.2 Å². The highest BCUT2D eigenvalue weighted by atomic mass is 16.4. The molecule has 0 spiro atoms. The molecular weight excluding hydrogens is 260 g/mol. The summed E-state index contributed by atoms with van der Waals surface area (Å²) in [7, 11) is 0. The van der Waals surface area contributed by atoms with Gasteiger partial charge in [-0.2, -0.15) is 0 Å². The lowest BCUT2D eigenvalue weighted by molar-refractivity contribution is -0.140. The van der Waals surface area contributed by atoms with Crippen LogP contribution in [0.5, 0.6) is 0 Å². The molecular formula is C13H22N4O3. The summed E-state index contributed by atoms with van der Waals surface area (Å²) >= 11 is 0. The van der Waals surface area contributed by atoms with Crippen LogP contribution in [0.1, 0.15) is 33.1 Å². The number of nitrogens with two attached hydrogens (primary N) is 1. The molecule has 2 aliphatic heterocycles. The van der Waals surface area contributed by atoms with Crippen LogP contribution in [0.2, 0.25) is 0 Å². The fraction of sp³-hybridized carbons (Fsp3) is 0.769. The third kappa shape index (κ3) is 2.57. The van der Waals surface area contributed by atoms with E-state index in [1.165, 1.54) is 0 Å². The van der Waals surface area contributed by atoms with Crippen molar-refractivity contribution in [2.24, 2.45) is 22.2 Å². The molecule has 2 amide bonds. The SMILES string of the molecule is CC(C)(C(=O)N1CCC2NC(=O)CCC2C1)C(N)=NO. The van der Waals surface area contributed by atoms with Gasteiger partial charge in [0.1, 0.15) is 5.41 Å². The van der Waals surface area contributed by atoms with Gasteiger partial charge >= 0.3 is 0 Å². The standard InChI is InChI=1S/C13H22N4O3/c1-13(2,11(14)16-20)12(19)17-6-5-9-8(7-17)3-4-10(18)15-9/h8-9,20H,3-7H2,1-2H3,(H2,14,16)(H,15,18). The Morgan fingerprint density at radius 3 is 2.85 bits per heavy atom. The second kappa shape index (κ2) is 5.30. The molecule has 0 aliphatic carbocycles. The van der Waals surface area contributed by atoms with Gasteiger partial charge in [-0.1, -0.05) is 5.16 Å². The highest BCUT2D eigenvalue weighted by Crippen LogP contribution is 2.28. The average Bonchev–Trinajstić information content (AvgIpc) is 2.44. The lowest BCUT2D eigenvalue weighted by Crippen LogP contribution is -2.58. The first kappa shape index (κ1) is 14.6. The minimum absolute atomic E-state index is 0.0819. The normalized spacial score (nSPS) is 27.8. The maximum atomic E-state index is 12.5. The van der Waals surface area contributed by atoms with Crippen molar-refractivity contribution in [3.8, 4) is 0 Å². The van der Waals surface area contributed by atoms with Crippen LogP contribution in [0.3, 0.4) is 0 Å². The Labute approximate surface area is 118 Å². The van der Waals surface area contributed by atoms with Gasteiger partial charge < -0.3 is 21.2 Å². The van der Waals surface area contributed by atoms with Crippen LogP contribution in [0, 0.1) is 11.3 Å². The predicted octanol–water partition coefficient (Wildman–Crippen LogP) is -0.114. The lowest BCUT2D eigenvalue weighted by Gasteiger charge is -2.43. The number of fused-ring (bicyclic) bond motifs is 1. The summed E-state index contributed by atoms with van der Waals surface area (Å²) in [6.07, 6.45) is 2.09. The van der Waals surface area contributed by atoms with E-state index in [1.54, 1.807) is 18.7 Å². The van der Waals surface area contributed by atoms with Crippen LogP contribution in [0.4, 0.5) is 0 Å². The molecule has 0 bridgehead atoms. The van der Waals surface area contributed by atoms with Gasteiger partial charge in [0.25, 0.3) is 0 Å². The van der Waals surface area contributed by atoms with Crippen LogP contribution < -0.4 is 11.1 Å². The number of rotatable bonds is 2. The molecule has 0 aromatic rings. The molecule has 2 saturated heterocycles. The molecule has 20 heavy (non-hydrogen) atoms. The first-order valence-electron chi connectivity index (χ1n) is 6.93. The topological polar surface area (TPSA) is 108 Å². The largest absolute Gasteiger partial charge is 0.409 e. The Kier molecular flexibility index (Phi) is 3.87. The zero-order valence-electron chi connectivity index (χ0n) is 11.9. The number of amidine groups is 1. The zero-order valence-corrected chi connectivity index (χ0v) is 11.9. The summed E-state index contributed by atoms with van der Waals surface area (Å²) in [5.41, 5.74) is 4.59.